The third-order valence-corrected chi connectivity index (χ3v) is 5.05. The summed E-state index contributed by atoms with van der Waals surface area (Å²) in [5, 5.41) is 3.73. The highest BCUT2D eigenvalue weighted by atomic mass is 32.2. The van der Waals surface area contributed by atoms with Crippen LogP contribution >= 0.6 is 0 Å². The van der Waals surface area contributed by atoms with E-state index in [-0.39, 0.29) is 12.6 Å². The van der Waals surface area contributed by atoms with E-state index < -0.39 is 10.2 Å². The Bertz CT molecular complexity index is 693. The van der Waals surface area contributed by atoms with Crippen molar-refractivity contribution in [1.82, 2.24) is 14.2 Å². The summed E-state index contributed by atoms with van der Waals surface area (Å²) in [4.78, 5) is 0. The average molecular weight is 311 g/mol. The maximum atomic E-state index is 12.4. The van der Waals surface area contributed by atoms with Crippen molar-refractivity contribution in [2.75, 3.05) is 6.54 Å². The van der Waals surface area contributed by atoms with Crippen LogP contribution in [0, 0.1) is 6.92 Å². The first-order valence-corrected chi connectivity index (χ1v) is 8.22. The highest BCUT2D eigenvalue weighted by Gasteiger charge is 2.36. The van der Waals surface area contributed by atoms with Gasteiger partial charge in [0.2, 0.25) is 0 Å². The topological polar surface area (TPSA) is 88.6 Å². The number of furan rings is 1. The molecule has 2 aromatic rings. The molecule has 3 heterocycles. The van der Waals surface area contributed by atoms with Gasteiger partial charge in [-0.3, -0.25) is 0 Å². The van der Waals surface area contributed by atoms with E-state index in [0.717, 1.165) is 18.5 Å². The fourth-order valence-electron chi connectivity index (χ4n) is 2.54. The largest absolute Gasteiger partial charge is 0.468 e. The van der Waals surface area contributed by atoms with Gasteiger partial charge in [-0.15, -0.1) is 0 Å². The van der Waals surface area contributed by atoms with Crippen LogP contribution in [0.25, 0.3) is 0 Å². The van der Waals surface area contributed by atoms with E-state index in [9.17, 15) is 8.42 Å². The monoisotopic (exact) mass is 311 g/mol. The number of hydrogen-bond acceptors (Lipinski definition) is 5. The Morgan fingerprint density at radius 1 is 1.52 bits per heavy atom. The van der Waals surface area contributed by atoms with Crippen molar-refractivity contribution < 1.29 is 17.4 Å². The Morgan fingerprint density at radius 3 is 3.05 bits per heavy atom. The second-order valence-corrected chi connectivity index (χ2v) is 6.75. The van der Waals surface area contributed by atoms with Crippen LogP contribution in [0.3, 0.4) is 0 Å². The van der Waals surface area contributed by atoms with Crippen LogP contribution in [0.5, 0.6) is 0 Å². The van der Waals surface area contributed by atoms with E-state index in [2.05, 4.69) is 9.88 Å². The molecule has 0 unspecified atom stereocenters. The lowest BCUT2D eigenvalue weighted by molar-refractivity contribution is 0.332. The fourth-order valence-corrected chi connectivity index (χ4v) is 3.94. The maximum absolute atomic E-state index is 12.4. The van der Waals surface area contributed by atoms with Crippen LogP contribution in [0.15, 0.2) is 33.4 Å². The van der Waals surface area contributed by atoms with Crippen LogP contribution in [-0.4, -0.2) is 24.4 Å². The molecule has 1 fully saturated rings. The minimum Gasteiger partial charge on any atom is -0.468 e. The third kappa shape index (κ3) is 3.02. The Labute approximate surface area is 123 Å². The van der Waals surface area contributed by atoms with Crippen molar-refractivity contribution in [3.8, 4) is 0 Å². The molecule has 1 aliphatic rings. The lowest BCUT2D eigenvalue weighted by atomic mass is 10.2. The number of aryl methyl sites for hydroxylation is 1. The summed E-state index contributed by atoms with van der Waals surface area (Å²) in [5.74, 6) is 1.17. The molecule has 0 aliphatic carbocycles. The number of rotatable bonds is 5. The first-order chi connectivity index (χ1) is 10.1. The minimum absolute atomic E-state index is 0.0878. The van der Waals surface area contributed by atoms with Crippen LogP contribution in [0.4, 0.5) is 0 Å². The van der Waals surface area contributed by atoms with Crippen LogP contribution in [0.1, 0.15) is 36.1 Å². The summed E-state index contributed by atoms with van der Waals surface area (Å²) in [6.07, 6.45) is 3.13. The molecule has 0 saturated carbocycles. The summed E-state index contributed by atoms with van der Waals surface area (Å²) in [6, 6.07) is 5.03. The molecular formula is C13H17N3O4S. The SMILES string of the molecule is Cc1cc(CNS(=O)(=O)N2CCC[C@H]2c2ccco2)on1. The van der Waals surface area contributed by atoms with Gasteiger partial charge in [0.1, 0.15) is 5.76 Å². The van der Waals surface area contributed by atoms with Crippen molar-refractivity contribution >= 4 is 10.2 Å². The zero-order valence-electron chi connectivity index (χ0n) is 11.7. The normalized spacial score (nSPS) is 20.1. The predicted octanol–water partition coefficient (Wildman–Crippen LogP) is 1.75. The van der Waals surface area contributed by atoms with Gasteiger partial charge in [-0.25, -0.2) is 0 Å². The molecule has 3 rings (SSSR count). The summed E-state index contributed by atoms with van der Waals surface area (Å²) >= 11 is 0. The van der Waals surface area contributed by atoms with Gasteiger partial charge >= 0.3 is 0 Å². The van der Waals surface area contributed by atoms with E-state index in [1.807, 2.05) is 0 Å². The van der Waals surface area contributed by atoms with Crippen LogP contribution in [0.2, 0.25) is 0 Å². The van der Waals surface area contributed by atoms with Crippen molar-refractivity contribution in [2.45, 2.75) is 32.4 Å². The quantitative estimate of drug-likeness (QED) is 0.908. The van der Waals surface area contributed by atoms with Crippen LogP contribution < -0.4 is 4.72 Å². The second kappa shape index (κ2) is 5.63. The van der Waals surface area contributed by atoms with Gasteiger partial charge in [0, 0.05) is 12.6 Å². The molecule has 0 radical (unpaired) electrons. The minimum atomic E-state index is -3.59. The van der Waals surface area contributed by atoms with Crippen molar-refractivity contribution in [3.63, 3.8) is 0 Å². The summed E-state index contributed by atoms with van der Waals surface area (Å²) in [7, 11) is -3.59. The molecule has 21 heavy (non-hydrogen) atoms. The molecule has 8 heteroatoms. The molecule has 0 amide bonds. The average Bonchev–Trinajstić information content (AvgIpc) is 3.17. The predicted molar refractivity (Wildman–Crippen MR) is 74.4 cm³/mol. The zero-order chi connectivity index (χ0) is 14.9. The number of hydrogen-bond donors (Lipinski definition) is 1. The van der Waals surface area contributed by atoms with E-state index in [1.54, 1.807) is 31.4 Å². The Hall–Kier alpha value is -1.64. The number of nitrogens with one attached hydrogen (secondary N) is 1. The van der Waals surface area contributed by atoms with Gasteiger partial charge in [-0.1, -0.05) is 5.16 Å². The Kier molecular flexibility index (Phi) is 3.83. The summed E-state index contributed by atoms with van der Waals surface area (Å²) in [6.45, 7) is 2.36. The van der Waals surface area contributed by atoms with Gasteiger partial charge < -0.3 is 8.94 Å². The highest BCUT2D eigenvalue weighted by Crippen LogP contribution is 2.33. The molecule has 1 N–H and O–H groups in total. The summed E-state index contributed by atoms with van der Waals surface area (Å²) < 4.78 is 39.2. The summed E-state index contributed by atoms with van der Waals surface area (Å²) in [5.41, 5.74) is 0.721. The highest BCUT2D eigenvalue weighted by molar-refractivity contribution is 7.87. The smallest absolute Gasteiger partial charge is 0.280 e. The number of nitrogens with zero attached hydrogens (tertiary/aromatic N) is 2. The molecule has 1 aliphatic heterocycles. The van der Waals surface area contributed by atoms with E-state index in [0.29, 0.717) is 18.1 Å². The van der Waals surface area contributed by atoms with E-state index >= 15 is 0 Å². The van der Waals surface area contributed by atoms with Crippen molar-refractivity contribution in [1.29, 1.82) is 0 Å². The van der Waals surface area contributed by atoms with Gasteiger partial charge in [0.25, 0.3) is 10.2 Å². The molecule has 0 aromatic carbocycles. The van der Waals surface area contributed by atoms with Gasteiger partial charge in [-0.05, 0) is 31.9 Å². The third-order valence-electron chi connectivity index (χ3n) is 3.49. The van der Waals surface area contributed by atoms with E-state index in [1.165, 1.54) is 4.31 Å². The zero-order valence-corrected chi connectivity index (χ0v) is 12.5. The standard InChI is InChI=1S/C13H17N3O4S/c1-10-8-11(20-15-10)9-14-21(17,18)16-6-2-4-12(16)13-5-3-7-19-13/h3,5,7-8,12,14H,2,4,6,9H2,1H3/t12-/m0/s1. The maximum Gasteiger partial charge on any atom is 0.280 e. The molecular weight excluding hydrogens is 294 g/mol. The van der Waals surface area contributed by atoms with Gasteiger partial charge in [0.05, 0.1) is 24.5 Å². The Morgan fingerprint density at radius 2 is 2.38 bits per heavy atom. The van der Waals surface area contributed by atoms with E-state index in [4.69, 9.17) is 8.94 Å². The molecule has 0 spiro atoms. The van der Waals surface area contributed by atoms with Gasteiger partial charge in [-0.2, -0.15) is 17.4 Å². The molecule has 2 aromatic heterocycles. The fraction of sp³-hybridized carbons (Fsp3) is 0.462. The molecule has 114 valence electrons. The van der Waals surface area contributed by atoms with Crippen LogP contribution in [-0.2, 0) is 16.8 Å². The van der Waals surface area contributed by atoms with Crippen molar-refractivity contribution in [2.24, 2.45) is 0 Å². The number of aromatic nitrogens is 1. The molecule has 0 bridgehead atoms. The molecule has 7 nitrogen and oxygen atoms in total. The second-order valence-electron chi connectivity index (χ2n) is 5.04. The van der Waals surface area contributed by atoms with Crippen molar-refractivity contribution in [3.05, 3.63) is 41.7 Å². The molecule has 1 saturated heterocycles. The first kappa shape index (κ1) is 14.3. The Balaban J connectivity index is 1.71. The molecule has 1 atom stereocenters. The van der Waals surface area contributed by atoms with Gasteiger partial charge in [0.15, 0.2) is 5.76 Å². The first-order valence-electron chi connectivity index (χ1n) is 6.78. The lowest BCUT2D eigenvalue weighted by Gasteiger charge is -2.22. The lowest BCUT2D eigenvalue weighted by Crippen LogP contribution is -2.39.